The van der Waals surface area contributed by atoms with E-state index in [1.54, 1.807) is 11.8 Å². The van der Waals surface area contributed by atoms with Crippen molar-refractivity contribution in [3.63, 3.8) is 0 Å². The van der Waals surface area contributed by atoms with Gasteiger partial charge in [0.15, 0.2) is 0 Å². The van der Waals surface area contributed by atoms with Crippen LogP contribution in [0, 0.1) is 0 Å². The Bertz CT molecular complexity index is 165. The number of aliphatic hydroxyl groups excluding tert-OH is 1. The van der Waals surface area contributed by atoms with E-state index in [1.165, 1.54) is 0 Å². The van der Waals surface area contributed by atoms with E-state index in [0.717, 1.165) is 25.0 Å². The van der Waals surface area contributed by atoms with Gasteiger partial charge >= 0.3 is 0 Å². The molecule has 1 fully saturated rings. The standard InChI is InChI=1S/C9H17NO2S/c1-2-7(6-11)10-9(12)8-4-3-5-13-8/h7-8,11H,2-6H2,1H3,(H,10,12). The summed E-state index contributed by atoms with van der Waals surface area (Å²) < 4.78 is 0. The fourth-order valence-electron chi connectivity index (χ4n) is 1.36. The summed E-state index contributed by atoms with van der Waals surface area (Å²) in [6.07, 6.45) is 2.91. The van der Waals surface area contributed by atoms with Gasteiger partial charge in [-0.05, 0) is 25.0 Å². The van der Waals surface area contributed by atoms with Crippen LogP contribution in [-0.4, -0.2) is 34.7 Å². The van der Waals surface area contributed by atoms with Crippen molar-refractivity contribution < 1.29 is 9.90 Å². The molecule has 1 saturated heterocycles. The Morgan fingerprint density at radius 3 is 3.00 bits per heavy atom. The number of rotatable bonds is 4. The lowest BCUT2D eigenvalue weighted by atomic mass is 10.2. The first-order chi connectivity index (χ1) is 6.27. The van der Waals surface area contributed by atoms with Crippen LogP contribution in [-0.2, 0) is 4.79 Å². The second-order valence-electron chi connectivity index (χ2n) is 3.30. The first kappa shape index (κ1) is 10.9. The number of carbonyl (C=O) groups is 1. The van der Waals surface area contributed by atoms with Crippen molar-refractivity contribution in [2.45, 2.75) is 37.5 Å². The molecule has 0 aromatic carbocycles. The third-order valence-electron chi connectivity index (χ3n) is 2.28. The molecule has 0 saturated carbocycles. The number of hydrogen-bond donors (Lipinski definition) is 2. The van der Waals surface area contributed by atoms with Crippen LogP contribution in [0.1, 0.15) is 26.2 Å². The van der Waals surface area contributed by atoms with Crippen LogP contribution in [0.2, 0.25) is 0 Å². The predicted octanol–water partition coefficient (Wildman–Crippen LogP) is 0.769. The van der Waals surface area contributed by atoms with E-state index < -0.39 is 0 Å². The van der Waals surface area contributed by atoms with Crippen LogP contribution in [0.5, 0.6) is 0 Å². The monoisotopic (exact) mass is 203 g/mol. The first-order valence-electron chi connectivity index (χ1n) is 4.80. The van der Waals surface area contributed by atoms with Crippen molar-refractivity contribution in [2.24, 2.45) is 0 Å². The summed E-state index contributed by atoms with van der Waals surface area (Å²) in [5, 5.41) is 11.9. The van der Waals surface area contributed by atoms with Gasteiger partial charge in [0, 0.05) is 0 Å². The van der Waals surface area contributed by atoms with Gasteiger partial charge in [0.05, 0.1) is 17.9 Å². The van der Waals surface area contributed by atoms with Crippen molar-refractivity contribution in [1.29, 1.82) is 0 Å². The molecular weight excluding hydrogens is 186 g/mol. The van der Waals surface area contributed by atoms with Crippen molar-refractivity contribution >= 4 is 17.7 Å². The fourth-order valence-corrected chi connectivity index (χ4v) is 2.53. The Labute approximate surface area is 83.3 Å². The zero-order valence-electron chi connectivity index (χ0n) is 7.95. The molecule has 76 valence electrons. The van der Waals surface area contributed by atoms with Gasteiger partial charge in [-0.1, -0.05) is 6.92 Å². The highest BCUT2D eigenvalue weighted by atomic mass is 32.2. The third kappa shape index (κ3) is 3.19. The van der Waals surface area contributed by atoms with Gasteiger partial charge in [-0.15, -0.1) is 11.8 Å². The molecular formula is C9H17NO2S. The average Bonchev–Trinajstić information content (AvgIpc) is 2.66. The van der Waals surface area contributed by atoms with Crippen molar-refractivity contribution in [2.75, 3.05) is 12.4 Å². The summed E-state index contributed by atoms with van der Waals surface area (Å²) >= 11 is 1.72. The van der Waals surface area contributed by atoms with Gasteiger partial charge in [0.2, 0.25) is 5.91 Å². The smallest absolute Gasteiger partial charge is 0.233 e. The molecule has 2 unspecified atom stereocenters. The molecule has 1 amide bonds. The Balaban J connectivity index is 2.30. The van der Waals surface area contributed by atoms with E-state index in [-0.39, 0.29) is 23.8 Å². The summed E-state index contributed by atoms with van der Waals surface area (Å²) in [6.45, 7) is 2.00. The second-order valence-corrected chi connectivity index (χ2v) is 4.61. The maximum Gasteiger partial charge on any atom is 0.233 e. The summed E-state index contributed by atoms with van der Waals surface area (Å²) in [4.78, 5) is 11.5. The summed E-state index contributed by atoms with van der Waals surface area (Å²) in [7, 11) is 0. The minimum absolute atomic E-state index is 0.0413. The van der Waals surface area contributed by atoms with Crippen LogP contribution in [0.15, 0.2) is 0 Å². The SMILES string of the molecule is CCC(CO)NC(=O)C1CCCS1. The van der Waals surface area contributed by atoms with Gasteiger partial charge in [0.25, 0.3) is 0 Å². The summed E-state index contributed by atoms with van der Waals surface area (Å²) in [5.74, 6) is 1.19. The molecule has 1 aliphatic heterocycles. The van der Waals surface area contributed by atoms with E-state index in [2.05, 4.69) is 5.32 Å². The predicted molar refractivity (Wildman–Crippen MR) is 54.8 cm³/mol. The lowest BCUT2D eigenvalue weighted by molar-refractivity contribution is -0.121. The van der Waals surface area contributed by atoms with E-state index in [9.17, 15) is 4.79 Å². The zero-order valence-corrected chi connectivity index (χ0v) is 8.77. The largest absolute Gasteiger partial charge is 0.394 e. The molecule has 3 nitrogen and oxygen atoms in total. The maximum absolute atomic E-state index is 11.5. The molecule has 0 aliphatic carbocycles. The molecule has 0 spiro atoms. The molecule has 0 aromatic rings. The number of hydrogen-bond acceptors (Lipinski definition) is 3. The topological polar surface area (TPSA) is 49.3 Å². The number of carbonyl (C=O) groups excluding carboxylic acids is 1. The molecule has 1 heterocycles. The number of aliphatic hydroxyl groups is 1. The van der Waals surface area contributed by atoms with Crippen LogP contribution < -0.4 is 5.32 Å². The van der Waals surface area contributed by atoms with E-state index in [1.807, 2.05) is 6.92 Å². The fraction of sp³-hybridized carbons (Fsp3) is 0.889. The highest BCUT2D eigenvalue weighted by Crippen LogP contribution is 2.26. The Morgan fingerprint density at radius 1 is 1.77 bits per heavy atom. The lowest BCUT2D eigenvalue weighted by Gasteiger charge is -2.16. The van der Waals surface area contributed by atoms with Gasteiger partial charge in [-0.25, -0.2) is 0 Å². The number of nitrogens with one attached hydrogen (secondary N) is 1. The minimum Gasteiger partial charge on any atom is -0.394 e. The highest BCUT2D eigenvalue weighted by Gasteiger charge is 2.24. The maximum atomic E-state index is 11.5. The normalized spacial score (nSPS) is 24.3. The van der Waals surface area contributed by atoms with Crippen LogP contribution >= 0.6 is 11.8 Å². The van der Waals surface area contributed by atoms with Crippen molar-refractivity contribution in [3.05, 3.63) is 0 Å². The van der Waals surface area contributed by atoms with E-state index in [4.69, 9.17) is 5.11 Å². The average molecular weight is 203 g/mol. The molecule has 0 aromatic heterocycles. The van der Waals surface area contributed by atoms with Crippen LogP contribution in [0.25, 0.3) is 0 Å². The summed E-state index contributed by atoms with van der Waals surface area (Å²) in [6, 6.07) is -0.0614. The summed E-state index contributed by atoms with van der Waals surface area (Å²) in [5.41, 5.74) is 0. The second kappa shape index (κ2) is 5.50. The molecule has 2 N–H and O–H groups in total. The first-order valence-corrected chi connectivity index (χ1v) is 5.85. The van der Waals surface area contributed by atoms with Gasteiger partial charge in [-0.3, -0.25) is 4.79 Å². The molecule has 13 heavy (non-hydrogen) atoms. The Hall–Kier alpha value is -0.220. The van der Waals surface area contributed by atoms with Gasteiger partial charge in [-0.2, -0.15) is 0 Å². The molecule has 4 heteroatoms. The van der Waals surface area contributed by atoms with Gasteiger partial charge < -0.3 is 10.4 Å². The van der Waals surface area contributed by atoms with Gasteiger partial charge in [0.1, 0.15) is 0 Å². The molecule has 2 atom stereocenters. The highest BCUT2D eigenvalue weighted by molar-refractivity contribution is 8.00. The minimum atomic E-state index is -0.0614. The number of amides is 1. The molecule has 1 aliphatic rings. The third-order valence-corrected chi connectivity index (χ3v) is 3.66. The Kier molecular flexibility index (Phi) is 4.59. The molecule has 1 rings (SSSR count). The Morgan fingerprint density at radius 2 is 2.54 bits per heavy atom. The van der Waals surface area contributed by atoms with Crippen molar-refractivity contribution in [1.82, 2.24) is 5.32 Å². The van der Waals surface area contributed by atoms with Crippen LogP contribution in [0.3, 0.4) is 0 Å². The van der Waals surface area contributed by atoms with Crippen LogP contribution in [0.4, 0.5) is 0 Å². The van der Waals surface area contributed by atoms with E-state index in [0.29, 0.717) is 0 Å². The quantitative estimate of drug-likeness (QED) is 0.709. The number of thioether (sulfide) groups is 1. The lowest BCUT2D eigenvalue weighted by Crippen LogP contribution is -2.41. The van der Waals surface area contributed by atoms with E-state index >= 15 is 0 Å². The zero-order chi connectivity index (χ0) is 9.68. The van der Waals surface area contributed by atoms with Crippen molar-refractivity contribution in [3.8, 4) is 0 Å². The molecule has 0 radical (unpaired) electrons. The molecule has 0 bridgehead atoms.